The lowest BCUT2D eigenvalue weighted by Crippen LogP contribution is -2.47. The first kappa shape index (κ1) is 26.7. The van der Waals surface area contributed by atoms with Gasteiger partial charge in [-0.15, -0.1) is 10.2 Å². The summed E-state index contributed by atoms with van der Waals surface area (Å²) in [5, 5.41) is 22.7. The highest BCUT2D eigenvalue weighted by Gasteiger charge is 2.36. The molecule has 1 aliphatic heterocycles. The third kappa shape index (κ3) is 4.28. The Morgan fingerprint density at radius 3 is 2.61 bits per heavy atom. The molecule has 2 aliphatic carbocycles. The molecule has 0 saturated heterocycles. The van der Waals surface area contributed by atoms with Crippen LogP contribution in [-0.2, 0) is 13.6 Å². The fourth-order valence-corrected chi connectivity index (χ4v) is 6.58. The lowest BCUT2D eigenvalue weighted by molar-refractivity contribution is 0.100. The van der Waals surface area contributed by atoms with E-state index >= 15 is 4.39 Å². The number of rotatable bonds is 7. The minimum atomic E-state index is -0.345. The predicted molar refractivity (Wildman–Crippen MR) is 166 cm³/mol. The molecule has 0 spiro atoms. The highest BCUT2D eigenvalue weighted by atomic mass is 19.1. The Kier molecular flexibility index (Phi) is 5.94. The van der Waals surface area contributed by atoms with Gasteiger partial charge in [-0.25, -0.2) is 9.37 Å². The van der Waals surface area contributed by atoms with Gasteiger partial charge in [0.25, 0.3) is 5.91 Å². The average Bonchev–Trinajstić information content (AvgIpc) is 3.73. The second-order valence-electron chi connectivity index (χ2n) is 12.6. The van der Waals surface area contributed by atoms with E-state index in [1.54, 1.807) is 23.4 Å². The van der Waals surface area contributed by atoms with Gasteiger partial charge >= 0.3 is 0 Å². The van der Waals surface area contributed by atoms with Crippen molar-refractivity contribution in [3.63, 3.8) is 0 Å². The monoisotopic (exact) mass is 583 g/mol. The number of amides is 1. The van der Waals surface area contributed by atoms with Crippen LogP contribution in [0.25, 0.3) is 33.3 Å². The van der Waals surface area contributed by atoms with E-state index in [1.807, 2.05) is 41.9 Å². The number of aryl methyl sites for hydroxylation is 1. The second kappa shape index (κ2) is 9.79. The van der Waals surface area contributed by atoms with Gasteiger partial charge in [-0.05, 0) is 104 Å². The summed E-state index contributed by atoms with van der Waals surface area (Å²) in [5.41, 5.74) is 6.00. The summed E-state index contributed by atoms with van der Waals surface area (Å²) in [4.78, 5) is 20.9. The molecule has 9 heteroatoms. The topological polar surface area (TPSA) is 99.7 Å². The minimum Gasteiger partial charge on any atom is -0.317 e. The molecule has 2 fully saturated rings. The summed E-state index contributed by atoms with van der Waals surface area (Å²) >= 11 is 0. The number of pyridine rings is 1. The first-order chi connectivity index (χ1) is 21.3. The second-order valence-corrected chi connectivity index (χ2v) is 12.6. The van der Waals surface area contributed by atoms with Crippen LogP contribution in [0.1, 0.15) is 72.1 Å². The Morgan fingerprint density at radius 1 is 1.07 bits per heavy atom. The van der Waals surface area contributed by atoms with E-state index in [0.29, 0.717) is 51.7 Å². The first-order valence-electron chi connectivity index (χ1n) is 15.1. The number of carbonyl (C=O) groups excluding carboxylic acids is 1. The van der Waals surface area contributed by atoms with Gasteiger partial charge in [0.1, 0.15) is 18.0 Å². The summed E-state index contributed by atoms with van der Waals surface area (Å²) in [6.07, 6.45) is 7.12. The van der Waals surface area contributed by atoms with Crippen molar-refractivity contribution >= 4 is 28.2 Å². The fraction of sp³-hybridized carbons (Fsp3) is 0.286. The SMILES string of the molecule is Cn1cnnc1-c1cc(C#N)ccc1-c1cc(C2CC2)nc(N2C(=O)c3cc(CNC4(C)CCC4)cc4c(F)ccc2c34)c1. The maximum Gasteiger partial charge on any atom is 0.264 e. The Bertz CT molecular complexity index is 2050. The molecule has 1 N–H and O–H groups in total. The van der Waals surface area contributed by atoms with Crippen LogP contribution >= 0.6 is 0 Å². The maximum atomic E-state index is 15.3. The Morgan fingerprint density at radius 2 is 1.91 bits per heavy atom. The van der Waals surface area contributed by atoms with E-state index in [2.05, 4.69) is 34.6 Å². The highest BCUT2D eigenvalue weighted by molar-refractivity contribution is 6.27. The van der Waals surface area contributed by atoms with Gasteiger partial charge in [0.05, 0.1) is 22.9 Å². The number of nitrogens with one attached hydrogen (secondary N) is 1. The number of anilines is 2. The lowest BCUT2D eigenvalue weighted by atomic mass is 9.78. The normalized spacial score (nSPS) is 16.8. The Balaban J connectivity index is 1.26. The van der Waals surface area contributed by atoms with E-state index in [4.69, 9.17) is 4.98 Å². The van der Waals surface area contributed by atoms with Gasteiger partial charge in [-0.3, -0.25) is 9.69 Å². The zero-order valence-electron chi connectivity index (χ0n) is 24.6. The number of hydrogen-bond acceptors (Lipinski definition) is 6. The minimum absolute atomic E-state index is 0.0879. The van der Waals surface area contributed by atoms with Crippen LogP contribution < -0.4 is 10.2 Å². The predicted octanol–water partition coefficient (Wildman–Crippen LogP) is 6.91. The zero-order chi connectivity index (χ0) is 30.2. The molecule has 218 valence electrons. The van der Waals surface area contributed by atoms with Gasteiger partial charge in [0.2, 0.25) is 0 Å². The summed E-state index contributed by atoms with van der Waals surface area (Å²) in [5.74, 6) is 0.873. The zero-order valence-corrected chi connectivity index (χ0v) is 24.6. The summed E-state index contributed by atoms with van der Waals surface area (Å²) < 4.78 is 17.1. The Labute approximate surface area is 254 Å². The summed E-state index contributed by atoms with van der Waals surface area (Å²) in [6, 6.07) is 18.6. The van der Waals surface area contributed by atoms with Crippen molar-refractivity contribution in [1.29, 1.82) is 5.26 Å². The van der Waals surface area contributed by atoms with Crippen molar-refractivity contribution in [2.75, 3.05) is 4.90 Å². The molecule has 2 saturated carbocycles. The molecule has 8 nitrogen and oxygen atoms in total. The molecule has 44 heavy (non-hydrogen) atoms. The standard InChI is InChI=1S/C35H30FN7O/c1-35(10-3-11-35)38-18-21-13-26-28(36)8-9-30-32(26)27(14-21)34(44)43(30)31-16-23(15-29(40-31)22-5-6-22)24-7-4-20(17-37)12-25(24)33-41-39-19-42(33)2/h4,7-9,12-16,19,22,38H,3,5-6,10-11,18H2,1-2H3. The summed E-state index contributed by atoms with van der Waals surface area (Å²) in [6.45, 7) is 2.78. The van der Waals surface area contributed by atoms with Gasteiger partial charge in [0.15, 0.2) is 5.82 Å². The van der Waals surface area contributed by atoms with Crippen LogP contribution in [-0.4, -0.2) is 31.2 Å². The highest BCUT2D eigenvalue weighted by Crippen LogP contribution is 2.46. The smallest absolute Gasteiger partial charge is 0.264 e. The van der Waals surface area contributed by atoms with Crippen molar-refractivity contribution < 1.29 is 9.18 Å². The molecule has 3 aromatic carbocycles. The van der Waals surface area contributed by atoms with Crippen molar-refractivity contribution in [3.05, 3.63) is 89.1 Å². The molecule has 3 heterocycles. The summed E-state index contributed by atoms with van der Waals surface area (Å²) in [7, 11) is 1.86. The third-order valence-corrected chi connectivity index (χ3v) is 9.42. The molecule has 0 unspecified atom stereocenters. The van der Waals surface area contributed by atoms with Gasteiger partial charge in [-0.2, -0.15) is 5.26 Å². The number of nitrogens with zero attached hydrogens (tertiary/aromatic N) is 6. The average molecular weight is 584 g/mol. The lowest BCUT2D eigenvalue weighted by Gasteiger charge is -2.39. The van der Waals surface area contributed by atoms with Crippen molar-refractivity contribution in [2.45, 2.75) is 57.0 Å². The van der Waals surface area contributed by atoms with Crippen LogP contribution in [0, 0.1) is 17.1 Å². The van der Waals surface area contributed by atoms with Gasteiger partial charge in [0, 0.05) is 47.1 Å². The van der Waals surface area contributed by atoms with E-state index < -0.39 is 0 Å². The van der Waals surface area contributed by atoms with Gasteiger partial charge < -0.3 is 9.88 Å². The Hall–Kier alpha value is -4.94. The van der Waals surface area contributed by atoms with Crippen LogP contribution in [0.2, 0.25) is 0 Å². The van der Waals surface area contributed by atoms with Crippen LogP contribution in [0.3, 0.4) is 0 Å². The molecule has 3 aliphatic rings. The van der Waals surface area contributed by atoms with E-state index in [9.17, 15) is 10.1 Å². The van der Waals surface area contributed by atoms with Crippen molar-refractivity contribution in [1.82, 2.24) is 25.1 Å². The molecule has 0 atom stereocenters. The van der Waals surface area contributed by atoms with Crippen LogP contribution in [0.15, 0.2) is 60.9 Å². The number of nitriles is 1. The van der Waals surface area contributed by atoms with Crippen LogP contribution in [0.4, 0.5) is 15.9 Å². The van der Waals surface area contributed by atoms with Gasteiger partial charge in [-0.1, -0.05) is 6.07 Å². The molecule has 8 rings (SSSR count). The van der Waals surface area contributed by atoms with Crippen LogP contribution in [0.5, 0.6) is 0 Å². The largest absolute Gasteiger partial charge is 0.317 e. The molecule has 2 aromatic heterocycles. The number of benzene rings is 3. The molecular formula is C35H30FN7O. The number of carbonyl (C=O) groups is 1. The quantitative estimate of drug-likeness (QED) is 0.224. The van der Waals surface area contributed by atoms with Crippen molar-refractivity contribution in [3.8, 4) is 28.6 Å². The molecule has 1 amide bonds. The van der Waals surface area contributed by atoms with E-state index in [0.717, 1.165) is 53.6 Å². The van der Waals surface area contributed by atoms with Crippen molar-refractivity contribution in [2.24, 2.45) is 7.05 Å². The molecule has 0 bridgehead atoms. The third-order valence-electron chi connectivity index (χ3n) is 9.42. The fourth-order valence-electron chi connectivity index (χ4n) is 6.58. The number of aromatic nitrogens is 4. The first-order valence-corrected chi connectivity index (χ1v) is 15.1. The molecule has 0 radical (unpaired) electrons. The number of hydrogen-bond donors (Lipinski definition) is 1. The number of halogens is 1. The van der Waals surface area contributed by atoms with E-state index in [1.165, 1.54) is 12.5 Å². The van der Waals surface area contributed by atoms with E-state index in [-0.39, 0.29) is 17.3 Å². The molecular weight excluding hydrogens is 553 g/mol. The maximum absolute atomic E-state index is 15.3. The molecule has 5 aromatic rings.